The zero-order valence-corrected chi connectivity index (χ0v) is 23.9. The molecule has 10 heteroatoms. The van der Waals surface area contributed by atoms with E-state index < -0.39 is 36.7 Å². The molecule has 0 amide bonds. The molecule has 0 radical (unpaired) electrons. The van der Waals surface area contributed by atoms with Crippen molar-refractivity contribution in [2.45, 2.75) is 44.3 Å². The van der Waals surface area contributed by atoms with Gasteiger partial charge in [0, 0.05) is 47.3 Å². The first-order chi connectivity index (χ1) is 18.8. The smallest absolute Gasteiger partial charge is 0.343 e. The Labute approximate surface area is 233 Å². The monoisotopic (exact) mass is 579 g/mol. The molecule has 5 rings (SSSR count). The van der Waals surface area contributed by atoms with Gasteiger partial charge >= 0.3 is 5.63 Å². The van der Waals surface area contributed by atoms with Crippen LogP contribution in [0.5, 0.6) is 0 Å². The molecule has 0 unspecified atom stereocenters. The molecule has 2 aliphatic rings. The van der Waals surface area contributed by atoms with Crippen molar-refractivity contribution in [1.82, 2.24) is 0 Å². The fourth-order valence-corrected chi connectivity index (χ4v) is 7.18. The van der Waals surface area contributed by atoms with Gasteiger partial charge in [0.2, 0.25) is 5.69 Å². The molecule has 0 fully saturated rings. The molecular weight excluding hydrogens is 550 g/mol. The second-order valence-electron chi connectivity index (χ2n) is 10.7. The van der Waals surface area contributed by atoms with Crippen molar-refractivity contribution in [3.63, 3.8) is 0 Å². The van der Waals surface area contributed by atoms with E-state index >= 15 is 0 Å². The maximum atomic E-state index is 12.9. The van der Waals surface area contributed by atoms with Gasteiger partial charge in [0.05, 0.1) is 32.6 Å². The van der Waals surface area contributed by atoms with Crippen molar-refractivity contribution in [2.75, 3.05) is 18.1 Å². The molecule has 0 saturated heterocycles. The van der Waals surface area contributed by atoms with Crippen LogP contribution in [0.15, 0.2) is 57.8 Å². The second-order valence-corrected chi connectivity index (χ2v) is 14.4. The summed E-state index contributed by atoms with van der Waals surface area (Å²) in [6, 6.07) is 13.0. The highest BCUT2D eigenvalue weighted by Gasteiger charge is 2.43. The lowest BCUT2D eigenvalue weighted by atomic mass is 9.81. The summed E-state index contributed by atoms with van der Waals surface area (Å²) in [6.07, 6.45) is 4.57. The number of hydrogen-bond acceptors (Lipinski definition) is 7. The average Bonchev–Trinajstić information content (AvgIpc) is 3.08. The molecule has 0 atom stereocenters. The summed E-state index contributed by atoms with van der Waals surface area (Å²) < 4.78 is 65.7. The minimum atomic E-state index is -4.28. The van der Waals surface area contributed by atoms with Crippen LogP contribution in [-0.4, -0.2) is 49.7 Å². The first kappa shape index (κ1) is 28.0. The van der Waals surface area contributed by atoms with Crippen LogP contribution in [0, 0.1) is 11.8 Å². The third-order valence-corrected chi connectivity index (χ3v) is 9.73. The lowest BCUT2D eigenvalue weighted by Crippen LogP contribution is -2.28. The molecule has 3 aromatic rings. The van der Waals surface area contributed by atoms with Crippen molar-refractivity contribution in [1.29, 1.82) is 0 Å². The predicted molar refractivity (Wildman–Crippen MR) is 154 cm³/mol. The number of unbranched alkanes of at least 4 members (excludes halogenated alkanes) is 1. The van der Waals surface area contributed by atoms with Crippen molar-refractivity contribution in [3.8, 4) is 11.8 Å². The molecular formula is C30H29NO7S2. The van der Waals surface area contributed by atoms with Crippen molar-refractivity contribution in [3.05, 3.63) is 81.2 Å². The lowest BCUT2D eigenvalue weighted by Gasteiger charge is -2.15. The van der Waals surface area contributed by atoms with Gasteiger partial charge in [-0.25, -0.2) is 21.6 Å². The fourth-order valence-electron chi connectivity index (χ4n) is 5.35. The van der Waals surface area contributed by atoms with E-state index in [2.05, 4.69) is 30.3 Å². The van der Waals surface area contributed by atoms with Crippen LogP contribution in [0.1, 0.15) is 55.4 Å². The maximum Gasteiger partial charge on any atom is 0.343 e. The Kier molecular flexibility index (Phi) is 7.33. The van der Waals surface area contributed by atoms with Gasteiger partial charge in [-0.3, -0.25) is 0 Å². The molecule has 0 spiro atoms. The highest BCUT2D eigenvalue weighted by molar-refractivity contribution is 7.90. The highest BCUT2D eigenvalue weighted by atomic mass is 32.2. The van der Waals surface area contributed by atoms with E-state index in [4.69, 9.17) is 4.42 Å². The Balaban J connectivity index is 1.53. The third kappa shape index (κ3) is 5.82. The van der Waals surface area contributed by atoms with Gasteiger partial charge in [-0.2, -0.15) is 4.58 Å². The maximum absolute atomic E-state index is 12.9. The standard InChI is InChI=1S/C30H29NO7S2/c1-30(2)25-10-3-4-11-26(25)31(14-6-8-16-40(35,36)37)28(30)13-12-22-17-23-18-24-20-39(33,34)15-7-5-9-21(24)19-27(23)38-29(22)32/h3-4,10-13,17-19H,6-8,14-16,20H2,1-2H3/b13-12+. The molecule has 208 valence electrons. The Hall–Kier alpha value is -3.52. The quantitative estimate of drug-likeness (QED) is 0.137. The molecule has 0 saturated carbocycles. The van der Waals surface area contributed by atoms with Gasteiger partial charge < -0.3 is 8.97 Å². The van der Waals surface area contributed by atoms with Crippen LogP contribution in [-0.2, 0) is 31.1 Å². The number of allylic oxidation sites excluding steroid dienone is 1. The fraction of sp³-hybridized carbons (Fsp3) is 0.333. The average molecular weight is 580 g/mol. The number of nitrogens with zero attached hydrogens (tertiary/aromatic N) is 1. The first-order valence-corrected chi connectivity index (χ1v) is 16.4. The topological polar surface area (TPSA) is 125 Å². The number of hydrogen-bond donors (Lipinski definition) is 0. The summed E-state index contributed by atoms with van der Waals surface area (Å²) >= 11 is 0. The summed E-state index contributed by atoms with van der Waals surface area (Å²) in [5.74, 6) is 5.34. The molecule has 0 N–H and O–H groups in total. The van der Waals surface area contributed by atoms with Crippen LogP contribution >= 0.6 is 0 Å². The summed E-state index contributed by atoms with van der Waals surface area (Å²) in [6.45, 7) is 4.66. The first-order valence-electron chi connectivity index (χ1n) is 13.0. The SMILES string of the molecule is CC1(C)C(/C=C/c2cc3cc4c(cc3oc2=O)C#CCCS(=O)(=O)C4)=[N+](CCCCS(=O)(=O)[O-])c2ccccc21. The zero-order chi connectivity index (χ0) is 28.7. The van der Waals surface area contributed by atoms with Crippen molar-refractivity contribution in [2.24, 2.45) is 0 Å². The van der Waals surface area contributed by atoms with Crippen molar-refractivity contribution < 1.29 is 30.4 Å². The molecule has 2 aromatic carbocycles. The molecule has 0 aliphatic carbocycles. The Morgan fingerprint density at radius 1 is 1.12 bits per heavy atom. The Morgan fingerprint density at radius 2 is 1.90 bits per heavy atom. The summed E-state index contributed by atoms with van der Waals surface area (Å²) in [4.78, 5) is 12.9. The van der Waals surface area contributed by atoms with Crippen LogP contribution in [0.3, 0.4) is 0 Å². The van der Waals surface area contributed by atoms with E-state index in [1.165, 1.54) is 0 Å². The minimum Gasteiger partial charge on any atom is -0.748 e. The van der Waals surface area contributed by atoms with Gasteiger partial charge in [-0.05, 0) is 50.1 Å². The lowest BCUT2D eigenvalue weighted by molar-refractivity contribution is -0.438. The summed E-state index contributed by atoms with van der Waals surface area (Å²) in [5.41, 5.74) is 3.83. The normalized spacial score (nSPS) is 17.7. The van der Waals surface area contributed by atoms with Crippen LogP contribution in [0.25, 0.3) is 17.0 Å². The zero-order valence-electron chi connectivity index (χ0n) is 22.3. The van der Waals surface area contributed by atoms with Gasteiger partial charge in [-0.1, -0.05) is 30.0 Å². The van der Waals surface area contributed by atoms with Crippen LogP contribution in [0.2, 0.25) is 0 Å². The minimum absolute atomic E-state index is 0.00925. The van der Waals surface area contributed by atoms with E-state index in [9.17, 15) is 26.2 Å². The molecule has 3 heterocycles. The molecule has 2 aliphatic heterocycles. The van der Waals surface area contributed by atoms with E-state index in [0.717, 1.165) is 17.0 Å². The summed E-state index contributed by atoms with van der Waals surface area (Å²) in [7, 11) is -7.57. The van der Waals surface area contributed by atoms with E-state index in [-0.39, 0.29) is 24.3 Å². The molecule has 1 aromatic heterocycles. The molecule has 40 heavy (non-hydrogen) atoms. The van der Waals surface area contributed by atoms with E-state index in [1.807, 2.05) is 30.3 Å². The van der Waals surface area contributed by atoms with Gasteiger partial charge in [0.15, 0.2) is 15.5 Å². The van der Waals surface area contributed by atoms with Crippen LogP contribution in [0.4, 0.5) is 5.69 Å². The number of fused-ring (bicyclic) bond motifs is 3. The van der Waals surface area contributed by atoms with E-state index in [1.54, 1.807) is 24.3 Å². The molecule has 8 nitrogen and oxygen atoms in total. The highest BCUT2D eigenvalue weighted by Crippen LogP contribution is 2.40. The largest absolute Gasteiger partial charge is 0.748 e. The Bertz CT molecular complexity index is 1920. The van der Waals surface area contributed by atoms with Gasteiger partial charge in [0.25, 0.3) is 0 Å². The number of para-hydroxylation sites is 1. The number of benzene rings is 2. The number of rotatable bonds is 7. The number of sulfone groups is 1. The molecule has 0 bridgehead atoms. The van der Waals surface area contributed by atoms with E-state index in [0.29, 0.717) is 40.6 Å². The van der Waals surface area contributed by atoms with Crippen LogP contribution < -0.4 is 5.63 Å². The van der Waals surface area contributed by atoms with Crippen molar-refractivity contribution >= 4 is 48.4 Å². The second kappa shape index (κ2) is 10.5. The Morgan fingerprint density at radius 3 is 2.67 bits per heavy atom. The predicted octanol–water partition coefficient (Wildman–Crippen LogP) is 3.88. The summed E-state index contributed by atoms with van der Waals surface area (Å²) in [5, 5.41) is 0.602. The van der Waals surface area contributed by atoms with Gasteiger partial charge in [-0.15, -0.1) is 0 Å². The third-order valence-electron chi connectivity index (χ3n) is 7.37. The van der Waals surface area contributed by atoms with Gasteiger partial charge in [0.1, 0.15) is 12.1 Å².